The van der Waals surface area contributed by atoms with Crippen LogP contribution in [0.2, 0.25) is 10.0 Å². The van der Waals surface area contributed by atoms with E-state index in [2.05, 4.69) is 5.32 Å². The largest absolute Gasteiger partial charge is 0.384 e. The van der Waals surface area contributed by atoms with Crippen LogP contribution in [0.4, 0.5) is 5.69 Å². The Morgan fingerprint density at radius 1 is 0.900 bits per heavy atom. The van der Waals surface area contributed by atoms with E-state index in [9.17, 15) is 13.2 Å². The van der Waals surface area contributed by atoms with Crippen molar-refractivity contribution >= 4 is 50.7 Å². The van der Waals surface area contributed by atoms with Gasteiger partial charge in [0.05, 0.1) is 33.1 Å². The molecule has 0 saturated heterocycles. The standard InChI is InChI=1S/C30H26Cl2N4O3S/c31-25-14-13-21(17-26(25)32)40(38,39)36-27-8-4-3-6-23(27)22-5-1-2-7-24(22)28(36)18-29(37)35-16-15-19-9-11-20(12-10-19)30(33)34/h1-14,17,28H,15-16,18H2,(H3,33,34)(H,35,37). The number of sulfonamides is 1. The number of nitrogen functional groups attached to an aromatic ring is 1. The van der Waals surface area contributed by atoms with Gasteiger partial charge in [0.1, 0.15) is 5.84 Å². The average Bonchev–Trinajstić information content (AvgIpc) is 2.94. The Labute approximate surface area is 243 Å². The predicted molar refractivity (Wildman–Crippen MR) is 160 cm³/mol. The summed E-state index contributed by atoms with van der Waals surface area (Å²) in [7, 11) is -4.14. The Morgan fingerprint density at radius 3 is 2.27 bits per heavy atom. The molecule has 1 atom stereocenters. The summed E-state index contributed by atoms with van der Waals surface area (Å²) in [5, 5.41) is 10.8. The molecular weight excluding hydrogens is 567 g/mol. The number of carbonyl (C=O) groups is 1. The highest BCUT2D eigenvalue weighted by Gasteiger charge is 2.40. The van der Waals surface area contributed by atoms with Crippen LogP contribution in [-0.2, 0) is 21.2 Å². The van der Waals surface area contributed by atoms with Crippen molar-refractivity contribution in [2.75, 3.05) is 10.8 Å². The second-order valence-electron chi connectivity index (χ2n) is 9.41. The van der Waals surface area contributed by atoms with Gasteiger partial charge >= 0.3 is 0 Å². The normalized spacial score (nSPS) is 14.2. The molecular formula is C30H26Cl2N4O3S. The van der Waals surface area contributed by atoms with E-state index in [0.717, 1.165) is 22.3 Å². The molecule has 0 spiro atoms. The number of nitrogens with two attached hydrogens (primary N) is 1. The molecule has 40 heavy (non-hydrogen) atoms. The van der Waals surface area contributed by atoms with Crippen LogP contribution < -0.4 is 15.4 Å². The van der Waals surface area contributed by atoms with Crippen LogP contribution in [-0.4, -0.2) is 26.7 Å². The molecule has 1 unspecified atom stereocenters. The van der Waals surface area contributed by atoms with Crippen LogP contribution in [0.1, 0.15) is 29.2 Å². The van der Waals surface area contributed by atoms with Crippen LogP contribution in [0.3, 0.4) is 0 Å². The SMILES string of the molecule is N=C(N)c1ccc(CCNC(=O)CC2c3ccccc3-c3ccccc3N2S(=O)(=O)c2ccc(Cl)c(Cl)c2)cc1. The monoisotopic (exact) mass is 592 g/mol. The first kappa shape index (κ1) is 27.7. The van der Waals surface area contributed by atoms with Crippen molar-refractivity contribution in [1.82, 2.24) is 5.32 Å². The third-order valence-electron chi connectivity index (χ3n) is 6.86. The summed E-state index contributed by atoms with van der Waals surface area (Å²) < 4.78 is 29.6. The lowest BCUT2D eigenvalue weighted by Crippen LogP contribution is -2.40. The van der Waals surface area contributed by atoms with Crippen molar-refractivity contribution in [3.8, 4) is 11.1 Å². The molecule has 0 aliphatic carbocycles. The maximum absolute atomic E-state index is 14.2. The highest BCUT2D eigenvalue weighted by Crippen LogP contribution is 2.48. The molecule has 0 fully saturated rings. The number of nitrogens with one attached hydrogen (secondary N) is 2. The molecule has 4 N–H and O–H groups in total. The summed E-state index contributed by atoms with van der Waals surface area (Å²) in [5.74, 6) is -0.288. The number of para-hydroxylation sites is 1. The summed E-state index contributed by atoms with van der Waals surface area (Å²) in [5.41, 5.74) is 9.98. The number of benzene rings is 4. The molecule has 1 aliphatic rings. The van der Waals surface area contributed by atoms with E-state index < -0.39 is 16.1 Å². The fourth-order valence-corrected chi connectivity index (χ4v) is 6.94. The molecule has 10 heteroatoms. The quantitative estimate of drug-likeness (QED) is 0.173. The summed E-state index contributed by atoms with van der Waals surface area (Å²) in [6.45, 7) is 0.364. The third-order valence-corrected chi connectivity index (χ3v) is 9.42. The Kier molecular flexibility index (Phi) is 7.85. The molecule has 0 aromatic heterocycles. The second kappa shape index (κ2) is 11.3. The molecule has 0 saturated carbocycles. The molecule has 204 valence electrons. The number of amides is 1. The summed E-state index contributed by atoms with van der Waals surface area (Å²) in [6, 6.07) is 25.4. The fraction of sp³-hybridized carbons (Fsp3) is 0.133. The fourth-order valence-electron chi connectivity index (χ4n) is 4.91. The van der Waals surface area contributed by atoms with E-state index in [1.807, 2.05) is 48.5 Å². The number of hydrogen-bond acceptors (Lipinski definition) is 4. The zero-order valence-electron chi connectivity index (χ0n) is 21.3. The number of nitrogens with zero attached hydrogens (tertiary/aromatic N) is 1. The second-order valence-corrected chi connectivity index (χ2v) is 12.0. The highest BCUT2D eigenvalue weighted by molar-refractivity contribution is 7.92. The van der Waals surface area contributed by atoms with E-state index in [4.69, 9.17) is 34.3 Å². The third kappa shape index (κ3) is 5.43. The van der Waals surface area contributed by atoms with Crippen molar-refractivity contribution in [1.29, 1.82) is 5.41 Å². The average molecular weight is 594 g/mol. The van der Waals surface area contributed by atoms with Gasteiger partial charge in [-0.2, -0.15) is 0 Å². The van der Waals surface area contributed by atoms with Crippen LogP contribution in [0.15, 0.2) is 95.9 Å². The first-order valence-corrected chi connectivity index (χ1v) is 14.7. The lowest BCUT2D eigenvalue weighted by molar-refractivity contribution is -0.121. The molecule has 0 bridgehead atoms. The first-order valence-electron chi connectivity index (χ1n) is 12.5. The van der Waals surface area contributed by atoms with Gasteiger partial charge in [-0.25, -0.2) is 8.42 Å². The number of anilines is 1. The number of fused-ring (bicyclic) bond motifs is 3. The van der Waals surface area contributed by atoms with E-state index in [1.54, 1.807) is 24.3 Å². The van der Waals surface area contributed by atoms with Crippen molar-refractivity contribution < 1.29 is 13.2 Å². The molecule has 1 aliphatic heterocycles. The zero-order chi connectivity index (χ0) is 28.4. The lowest BCUT2D eigenvalue weighted by Gasteiger charge is -2.39. The predicted octanol–water partition coefficient (Wildman–Crippen LogP) is 5.94. The van der Waals surface area contributed by atoms with Crippen molar-refractivity contribution in [2.45, 2.75) is 23.8 Å². The molecule has 1 heterocycles. The van der Waals surface area contributed by atoms with Crippen LogP contribution in [0.5, 0.6) is 0 Å². The van der Waals surface area contributed by atoms with E-state index in [1.165, 1.54) is 22.5 Å². The van der Waals surface area contributed by atoms with E-state index >= 15 is 0 Å². The maximum Gasteiger partial charge on any atom is 0.264 e. The number of amidine groups is 1. The lowest BCUT2D eigenvalue weighted by atomic mass is 9.88. The highest BCUT2D eigenvalue weighted by atomic mass is 35.5. The molecule has 1 amide bonds. The Hall–Kier alpha value is -3.85. The Balaban J connectivity index is 1.45. The van der Waals surface area contributed by atoms with Crippen LogP contribution in [0, 0.1) is 5.41 Å². The topological polar surface area (TPSA) is 116 Å². The van der Waals surface area contributed by atoms with Gasteiger partial charge in [-0.05, 0) is 47.4 Å². The van der Waals surface area contributed by atoms with Gasteiger partial charge in [0.2, 0.25) is 5.91 Å². The van der Waals surface area contributed by atoms with Crippen molar-refractivity contribution in [3.05, 3.63) is 118 Å². The summed E-state index contributed by atoms with van der Waals surface area (Å²) >= 11 is 12.3. The van der Waals surface area contributed by atoms with Gasteiger partial charge in [0.25, 0.3) is 10.0 Å². The minimum Gasteiger partial charge on any atom is -0.384 e. The number of halogens is 2. The minimum atomic E-state index is -4.14. The molecule has 5 rings (SSSR count). The Morgan fingerprint density at radius 2 is 1.57 bits per heavy atom. The minimum absolute atomic E-state index is 0.00503. The van der Waals surface area contributed by atoms with E-state index in [0.29, 0.717) is 24.2 Å². The van der Waals surface area contributed by atoms with Gasteiger partial charge in [-0.1, -0.05) is 89.9 Å². The Bertz CT molecular complexity index is 1710. The van der Waals surface area contributed by atoms with Gasteiger partial charge in [0.15, 0.2) is 0 Å². The van der Waals surface area contributed by atoms with Gasteiger partial charge in [-0.15, -0.1) is 0 Å². The number of rotatable bonds is 8. The number of hydrogen-bond donors (Lipinski definition) is 3. The maximum atomic E-state index is 14.2. The zero-order valence-corrected chi connectivity index (χ0v) is 23.6. The summed E-state index contributed by atoms with van der Waals surface area (Å²) in [4.78, 5) is 13.2. The van der Waals surface area contributed by atoms with Gasteiger partial charge in [0, 0.05) is 17.7 Å². The number of carbonyl (C=O) groups excluding carboxylic acids is 1. The van der Waals surface area contributed by atoms with E-state index in [-0.39, 0.29) is 33.1 Å². The van der Waals surface area contributed by atoms with Crippen molar-refractivity contribution in [2.24, 2.45) is 5.73 Å². The molecule has 4 aromatic carbocycles. The molecule has 4 aromatic rings. The summed E-state index contributed by atoms with van der Waals surface area (Å²) in [6.07, 6.45) is 0.481. The molecule has 0 radical (unpaired) electrons. The van der Waals surface area contributed by atoms with Gasteiger partial charge < -0.3 is 11.1 Å². The van der Waals surface area contributed by atoms with Crippen molar-refractivity contribution in [3.63, 3.8) is 0 Å². The smallest absolute Gasteiger partial charge is 0.264 e. The van der Waals surface area contributed by atoms with Crippen LogP contribution in [0.25, 0.3) is 11.1 Å². The first-order chi connectivity index (χ1) is 19.2. The van der Waals surface area contributed by atoms with Gasteiger partial charge in [-0.3, -0.25) is 14.5 Å². The molecule has 7 nitrogen and oxygen atoms in total. The van der Waals surface area contributed by atoms with Crippen LogP contribution >= 0.6 is 23.2 Å².